The molecule has 1 aliphatic rings. The number of nitrogens with one attached hydrogen (secondary N) is 1. The number of hydrogen-bond acceptors (Lipinski definition) is 3. The summed E-state index contributed by atoms with van der Waals surface area (Å²) in [5.74, 6) is -0.377. The first kappa shape index (κ1) is 14.8. The number of hydrogen-bond donors (Lipinski definition) is 2. The van der Waals surface area contributed by atoms with Gasteiger partial charge in [0.1, 0.15) is 0 Å². The first-order valence-corrected chi connectivity index (χ1v) is 6.37. The second-order valence-corrected chi connectivity index (χ2v) is 4.61. The normalized spacial score (nSPS) is 20.3. The second-order valence-electron chi connectivity index (χ2n) is 4.61. The lowest BCUT2D eigenvalue weighted by Crippen LogP contribution is -2.41. The van der Waals surface area contributed by atoms with Crippen LogP contribution in [-0.4, -0.2) is 55.4 Å². The van der Waals surface area contributed by atoms with E-state index in [1.54, 1.807) is 12.0 Å². The molecule has 0 aromatic carbocycles. The van der Waals surface area contributed by atoms with Gasteiger partial charge < -0.3 is 20.1 Å². The van der Waals surface area contributed by atoms with E-state index in [1.165, 1.54) is 0 Å². The Hall–Kier alpha value is -1.30. The van der Waals surface area contributed by atoms with Crippen LogP contribution in [0.15, 0.2) is 0 Å². The number of methoxy groups -OCH3 is 1. The zero-order valence-electron chi connectivity index (χ0n) is 10.9. The van der Waals surface area contributed by atoms with Gasteiger partial charge >= 0.3 is 12.0 Å². The molecule has 104 valence electrons. The number of rotatable bonds is 5. The summed E-state index contributed by atoms with van der Waals surface area (Å²) in [6.07, 6.45) is 2.96. The van der Waals surface area contributed by atoms with E-state index in [2.05, 4.69) is 5.32 Å². The SMILES string of the molecule is COCC1CCCN(C(=O)NCCC(=O)O)CC1. The van der Waals surface area contributed by atoms with Crippen LogP contribution in [0.4, 0.5) is 4.79 Å². The monoisotopic (exact) mass is 258 g/mol. The minimum Gasteiger partial charge on any atom is -0.481 e. The van der Waals surface area contributed by atoms with Crippen molar-refractivity contribution in [3.63, 3.8) is 0 Å². The first-order chi connectivity index (χ1) is 8.63. The van der Waals surface area contributed by atoms with E-state index in [-0.39, 0.29) is 19.0 Å². The Morgan fingerprint density at radius 1 is 1.39 bits per heavy atom. The number of ether oxygens (including phenoxy) is 1. The predicted octanol–water partition coefficient (Wildman–Crippen LogP) is 0.919. The summed E-state index contributed by atoms with van der Waals surface area (Å²) in [6, 6.07) is -0.158. The van der Waals surface area contributed by atoms with E-state index in [0.717, 1.165) is 32.4 Å². The van der Waals surface area contributed by atoms with Crippen molar-refractivity contribution in [2.24, 2.45) is 5.92 Å². The van der Waals surface area contributed by atoms with Crippen LogP contribution in [0.2, 0.25) is 0 Å². The molecule has 0 spiro atoms. The third-order valence-corrected chi connectivity index (χ3v) is 3.15. The number of carboxylic acids is 1. The van der Waals surface area contributed by atoms with Crippen LogP contribution in [0.25, 0.3) is 0 Å². The highest BCUT2D eigenvalue weighted by molar-refractivity contribution is 5.75. The summed E-state index contributed by atoms with van der Waals surface area (Å²) in [5.41, 5.74) is 0. The first-order valence-electron chi connectivity index (χ1n) is 6.37. The number of amides is 2. The maximum Gasteiger partial charge on any atom is 0.317 e. The van der Waals surface area contributed by atoms with Crippen molar-refractivity contribution in [3.8, 4) is 0 Å². The van der Waals surface area contributed by atoms with Crippen LogP contribution >= 0.6 is 0 Å². The van der Waals surface area contributed by atoms with Crippen molar-refractivity contribution >= 4 is 12.0 Å². The van der Waals surface area contributed by atoms with Gasteiger partial charge in [-0.2, -0.15) is 0 Å². The van der Waals surface area contributed by atoms with Gasteiger partial charge in [0, 0.05) is 33.4 Å². The van der Waals surface area contributed by atoms with Gasteiger partial charge in [-0.1, -0.05) is 0 Å². The van der Waals surface area contributed by atoms with E-state index >= 15 is 0 Å². The van der Waals surface area contributed by atoms with E-state index in [4.69, 9.17) is 9.84 Å². The minimum atomic E-state index is -0.897. The molecule has 1 atom stereocenters. The lowest BCUT2D eigenvalue weighted by molar-refractivity contribution is -0.136. The molecule has 6 nitrogen and oxygen atoms in total. The molecule has 6 heteroatoms. The summed E-state index contributed by atoms with van der Waals surface area (Å²) < 4.78 is 5.14. The predicted molar refractivity (Wildman–Crippen MR) is 66.4 cm³/mol. The minimum absolute atomic E-state index is 0.0358. The Morgan fingerprint density at radius 3 is 2.83 bits per heavy atom. The van der Waals surface area contributed by atoms with Crippen LogP contribution in [-0.2, 0) is 9.53 Å². The lowest BCUT2D eigenvalue weighted by atomic mass is 10.0. The maximum atomic E-state index is 11.8. The molecular weight excluding hydrogens is 236 g/mol. The molecule has 0 aromatic heterocycles. The van der Waals surface area contributed by atoms with Crippen molar-refractivity contribution in [2.45, 2.75) is 25.7 Å². The van der Waals surface area contributed by atoms with Gasteiger partial charge in [-0.3, -0.25) is 4.79 Å². The van der Waals surface area contributed by atoms with Crippen molar-refractivity contribution in [1.82, 2.24) is 10.2 Å². The molecule has 18 heavy (non-hydrogen) atoms. The third-order valence-electron chi connectivity index (χ3n) is 3.15. The molecule has 2 N–H and O–H groups in total. The fraction of sp³-hybridized carbons (Fsp3) is 0.833. The van der Waals surface area contributed by atoms with Crippen LogP contribution < -0.4 is 5.32 Å². The Labute approximate surface area is 107 Å². The standard InChI is InChI=1S/C12H22N2O4/c1-18-9-10-3-2-7-14(8-5-10)12(17)13-6-4-11(15)16/h10H,2-9H2,1H3,(H,13,17)(H,15,16). The van der Waals surface area contributed by atoms with Crippen LogP contribution in [0.1, 0.15) is 25.7 Å². The number of urea groups is 1. The van der Waals surface area contributed by atoms with E-state index in [1.807, 2.05) is 0 Å². The molecule has 1 fully saturated rings. The Kier molecular flexibility index (Phi) is 6.49. The molecule has 1 rings (SSSR count). The van der Waals surface area contributed by atoms with Crippen LogP contribution in [0, 0.1) is 5.92 Å². The average Bonchev–Trinajstić information content (AvgIpc) is 2.54. The van der Waals surface area contributed by atoms with Crippen molar-refractivity contribution in [1.29, 1.82) is 0 Å². The Bertz CT molecular complexity index is 283. The van der Waals surface area contributed by atoms with Gasteiger partial charge in [-0.15, -0.1) is 0 Å². The van der Waals surface area contributed by atoms with E-state index < -0.39 is 5.97 Å². The summed E-state index contributed by atoms with van der Waals surface area (Å²) in [5, 5.41) is 11.1. The van der Waals surface area contributed by atoms with Gasteiger partial charge in [0.2, 0.25) is 0 Å². The zero-order valence-corrected chi connectivity index (χ0v) is 10.9. The van der Waals surface area contributed by atoms with Crippen molar-refractivity contribution < 1.29 is 19.4 Å². The molecule has 2 amide bonds. The van der Waals surface area contributed by atoms with Crippen molar-refractivity contribution in [2.75, 3.05) is 33.4 Å². The number of aliphatic carboxylic acids is 1. The number of likely N-dealkylation sites (tertiary alicyclic amines) is 1. The Morgan fingerprint density at radius 2 is 2.17 bits per heavy atom. The van der Waals surface area contributed by atoms with Gasteiger partial charge in [-0.05, 0) is 25.2 Å². The molecule has 0 radical (unpaired) electrons. The van der Waals surface area contributed by atoms with Gasteiger partial charge in [0.05, 0.1) is 6.42 Å². The van der Waals surface area contributed by atoms with Gasteiger partial charge in [0.25, 0.3) is 0 Å². The largest absolute Gasteiger partial charge is 0.481 e. The maximum absolute atomic E-state index is 11.8. The second kappa shape index (κ2) is 7.92. The highest BCUT2D eigenvalue weighted by Crippen LogP contribution is 2.17. The zero-order chi connectivity index (χ0) is 13.4. The molecule has 1 aliphatic heterocycles. The third kappa shape index (κ3) is 5.35. The van der Waals surface area contributed by atoms with E-state index in [0.29, 0.717) is 12.5 Å². The molecule has 1 unspecified atom stereocenters. The molecule has 1 heterocycles. The van der Waals surface area contributed by atoms with Gasteiger partial charge in [0.15, 0.2) is 0 Å². The molecule has 0 saturated carbocycles. The Balaban J connectivity index is 2.28. The van der Waals surface area contributed by atoms with Gasteiger partial charge in [-0.25, -0.2) is 4.79 Å². The topological polar surface area (TPSA) is 78.9 Å². The van der Waals surface area contributed by atoms with E-state index in [9.17, 15) is 9.59 Å². The summed E-state index contributed by atoms with van der Waals surface area (Å²) in [4.78, 5) is 23.9. The van der Waals surface area contributed by atoms with Crippen LogP contribution in [0.3, 0.4) is 0 Å². The summed E-state index contributed by atoms with van der Waals surface area (Å²) in [6.45, 7) is 2.38. The quantitative estimate of drug-likeness (QED) is 0.768. The smallest absolute Gasteiger partial charge is 0.317 e. The highest BCUT2D eigenvalue weighted by atomic mass is 16.5. The fourth-order valence-electron chi connectivity index (χ4n) is 2.16. The summed E-state index contributed by atoms with van der Waals surface area (Å²) in [7, 11) is 1.70. The van der Waals surface area contributed by atoms with Crippen LogP contribution in [0.5, 0.6) is 0 Å². The number of carbonyl (C=O) groups is 2. The highest BCUT2D eigenvalue weighted by Gasteiger charge is 2.20. The fourth-order valence-corrected chi connectivity index (χ4v) is 2.16. The van der Waals surface area contributed by atoms with Crippen molar-refractivity contribution in [3.05, 3.63) is 0 Å². The average molecular weight is 258 g/mol. The number of carboxylic acid groups (broad SMARTS) is 1. The molecule has 0 aliphatic carbocycles. The molecular formula is C12H22N2O4. The lowest BCUT2D eigenvalue weighted by Gasteiger charge is -2.20. The summed E-state index contributed by atoms with van der Waals surface area (Å²) >= 11 is 0. The molecule has 0 aromatic rings. The molecule has 0 bridgehead atoms. The molecule has 1 saturated heterocycles. The number of nitrogens with zero attached hydrogens (tertiary/aromatic N) is 1. The number of carbonyl (C=O) groups excluding carboxylic acids is 1.